The predicted octanol–water partition coefficient (Wildman–Crippen LogP) is 1.85. The molecule has 0 bridgehead atoms. The van der Waals surface area contributed by atoms with Crippen LogP contribution in [0.3, 0.4) is 0 Å². The highest BCUT2D eigenvalue weighted by Gasteiger charge is 2.25. The molecular formula is C11H13N3O3. The smallest absolute Gasteiger partial charge is 0.263 e. The number of nitrogens with zero attached hydrogens (tertiary/aromatic N) is 3. The molecule has 0 aromatic carbocycles. The van der Waals surface area contributed by atoms with Gasteiger partial charge in [-0.05, 0) is 20.3 Å². The van der Waals surface area contributed by atoms with Gasteiger partial charge in [-0.15, -0.1) is 0 Å². The first kappa shape index (κ1) is 10.5. The molecule has 17 heavy (non-hydrogen) atoms. The largest absolute Gasteiger partial charge is 0.381 e. The minimum absolute atomic E-state index is 0.243. The molecule has 0 amide bonds. The topological polar surface area (TPSA) is 74.2 Å². The monoisotopic (exact) mass is 235 g/mol. The fourth-order valence-corrected chi connectivity index (χ4v) is 2.03. The quantitative estimate of drug-likeness (QED) is 0.790. The zero-order chi connectivity index (χ0) is 11.8. The fraction of sp³-hybridized carbons (Fsp3) is 0.545. The van der Waals surface area contributed by atoms with Crippen molar-refractivity contribution < 1.29 is 13.8 Å². The molecule has 0 spiro atoms. The van der Waals surface area contributed by atoms with Gasteiger partial charge in [-0.1, -0.05) is 10.3 Å². The molecule has 0 aliphatic carbocycles. The van der Waals surface area contributed by atoms with Gasteiger partial charge in [0.25, 0.3) is 5.89 Å². The summed E-state index contributed by atoms with van der Waals surface area (Å²) in [7, 11) is 0. The van der Waals surface area contributed by atoms with Crippen LogP contribution in [-0.2, 0) is 4.74 Å². The first-order chi connectivity index (χ1) is 8.25. The third-order valence-corrected chi connectivity index (χ3v) is 2.98. The van der Waals surface area contributed by atoms with Gasteiger partial charge in [0.15, 0.2) is 5.82 Å². The van der Waals surface area contributed by atoms with Crippen molar-refractivity contribution in [3.05, 3.63) is 17.3 Å². The highest BCUT2D eigenvalue weighted by atomic mass is 16.5. The molecule has 0 saturated carbocycles. The SMILES string of the molecule is Cc1noc(C)c1-c1nc(C2CCOC2)no1. The van der Waals surface area contributed by atoms with Crippen LogP contribution in [0.15, 0.2) is 9.05 Å². The van der Waals surface area contributed by atoms with Gasteiger partial charge in [0.05, 0.1) is 12.3 Å². The first-order valence-electron chi connectivity index (χ1n) is 5.60. The van der Waals surface area contributed by atoms with E-state index in [1.54, 1.807) is 0 Å². The molecule has 2 aromatic heterocycles. The van der Waals surface area contributed by atoms with E-state index in [9.17, 15) is 0 Å². The number of rotatable bonds is 2. The van der Waals surface area contributed by atoms with Crippen molar-refractivity contribution in [3.8, 4) is 11.5 Å². The van der Waals surface area contributed by atoms with Crippen LogP contribution >= 0.6 is 0 Å². The lowest BCUT2D eigenvalue weighted by molar-refractivity contribution is 0.192. The van der Waals surface area contributed by atoms with E-state index in [-0.39, 0.29) is 5.92 Å². The molecule has 0 radical (unpaired) electrons. The summed E-state index contributed by atoms with van der Waals surface area (Å²) in [4.78, 5) is 4.40. The van der Waals surface area contributed by atoms with Gasteiger partial charge >= 0.3 is 0 Å². The van der Waals surface area contributed by atoms with Crippen LogP contribution in [0.2, 0.25) is 0 Å². The number of hydrogen-bond acceptors (Lipinski definition) is 6. The minimum Gasteiger partial charge on any atom is -0.381 e. The maximum Gasteiger partial charge on any atom is 0.263 e. The summed E-state index contributed by atoms with van der Waals surface area (Å²) in [6.07, 6.45) is 0.945. The average Bonchev–Trinajstić information content (AvgIpc) is 2.98. The van der Waals surface area contributed by atoms with Crippen molar-refractivity contribution in [2.45, 2.75) is 26.2 Å². The molecule has 1 fully saturated rings. The maximum atomic E-state index is 5.31. The van der Waals surface area contributed by atoms with Gasteiger partial charge in [-0.3, -0.25) is 0 Å². The molecule has 2 aromatic rings. The van der Waals surface area contributed by atoms with Gasteiger partial charge in [-0.2, -0.15) is 4.98 Å². The lowest BCUT2D eigenvalue weighted by atomic mass is 10.1. The Hall–Kier alpha value is -1.69. The number of ether oxygens (including phenoxy) is 1. The molecule has 90 valence electrons. The molecule has 6 nitrogen and oxygen atoms in total. The summed E-state index contributed by atoms with van der Waals surface area (Å²) >= 11 is 0. The zero-order valence-electron chi connectivity index (χ0n) is 9.77. The van der Waals surface area contributed by atoms with E-state index in [1.165, 1.54) is 0 Å². The van der Waals surface area contributed by atoms with Crippen molar-refractivity contribution in [3.63, 3.8) is 0 Å². The van der Waals surface area contributed by atoms with Gasteiger partial charge in [0.2, 0.25) is 0 Å². The van der Waals surface area contributed by atoms with Gasteiger partial charge in [-0.25, -0.2) is 0 Å². The molecule has 1 saturated heterocycles. The van der Waals surface area contributed by atoms with Crippen molar-refractivity contribution in [2.75, 3.05) is 13.2 Å². The molecule has 0 N–H and O–H groups in total. The first-order valence-corrected chi connectivity index (χ1v) is 5.60. The lowest BCUT2D eigenvalue weighted by Gasteiger charge is -1.97. The van der Waals surface area contributed by atoms with E-state index in [2.05, 4.69) is 15.3 Å². The molecule has 1 aliphatic rings. The highest BCUT2D eigenvalue weighted by Crippen LogP contribution is 2.28. The second kappa shape index (κ2) is 3.96. The van der Waals surface area contributed by atoms with Crippen LogP contribution in [0.5, 0.6) is 0 Å². The van der Waals surface area contributed by atoms with Crippen molar-refractivity contribution in [1.82, 2.24) is 15.3 Å². The Balaban J connectivity index is 1.94. The summed E-state index contributed by atoms with van der Waals surface area (Å²) in [6.45, 7) is 5.12. The van der Waals surface area contributed by atoms with Crippen molar-refractivity contribution >= 4 is 0 Å². The number of hydrogen-bond donors (Lipinski definition) is 0. The third kappa shape index (κ3) is 1.74. The van der Waals surface area contributed by atoms with E-state index >= 15 is 0 Å². The Labute approximate surface area is 97.9 Å². The van der Waals surface area contributed by atoms with E-state index in [0.717, 1.165) is 24.3 Å². The maximum absolute atomic E-state index is 5.31. The van der Waals surface area contributed by atoms with E-state index in [0.29, 0.717) is 24.1 Å². The molecule has 3 rings (SSSR count). The predicted molar refractivity (Wildman–Crippen MR) is 57.4 cm³/mol. The Morgan fingerprint density at radius 2 is 2.06 bits per heavy atom. The van der Waals surface area contributed by atoms with Crippen LogP contribution < -0.4 is 0 Å². The summed E-state index contributed by atoms with van der Waals surface area (Å²) in [5, 5.41) is 7.87. The van der Waals surface area contributed by atoms with Crippen LogP contribution in [-0.4, -0.2) is 28.5 Å². The summed E-state index contributed by atoms with van der Waals surface area (Å²) in [6, 6.07) is 0. The van der Waals surface area contributed by atoms with E-state index < -0.39 is 0 Å². The van der Waals surface area contributed by atoms with Gasteiger partial charge in [0, 0.05) is 12.5 Å². The minimum atomic E-state index is 0.243. The lowest BCUT2D eigenvalue weighted by Crippen LogP contribution is -1.99. The second-order valence-corrected chi connectivity index (χ2v) is 4.22. The standard InChI is InChI=1S/C11H13N3O3/c1-6-9(7(2)16-13-6)11-12-10(14-17-11)8-3-4-15-5-8/h8H,3-5H2,1-2H3. The summed E-state index contributed by atoms with van der Waals surface area (Å²) in [5.41, 5.74) is 1.56. The fourth-order valence-electron chi connectivity index (χ4n) is 2.03. The average molecular weight is 235 g/mol. The Morgan fingerprint density at radius 3 is 2.71 bits per heavy atom. The third-order valence-electron chi connectivity index (χ3n) is 2.98. The summed E-state index contributed by atoms with van der Waals surface area (Å²) < 4.78 is 15.7. The molecule has 1 atom stereocenters. The van der Waals surface area contributed by atoms with Crippen LogP contribution in [0.4, 0.5) is 0 Å². The van der Waals surface area contributed by atoms with Crippen molar-refractivity contribution in [2.24, 2.45) is 0 Å². The molecular weight excluding hydrogens is 222 g/mol. The number of aromatic nitrogens is 3. The highest BCUT2D eigenvalue weighted by molar-refractivity contribution is 5.57. The molecule has 1 aliphatic heterocycles. The zero-order valence-corrected chi connectivity index (χ0v) is 9.77. The van der Waals surface area contributed by atoms with Gasteiger partial charge in [0.1, 0.15) is 11.3 Å². The van der Waals surface area contributed by atoms with Gasteiger partial charge < -0.3 is 13.8 Å². The molecule has 6 heteroatoms. The molecule has 3 heterocycles. The van der Waals surface area contributed by atoms with Crippen LogP contribution in [0.25, 0.3) is 11.5 Å². The van der Waals surface area contributed by atoms with Crippen LogP contribution in [0, 0.1) is 13.8 Å². The van der Waals surface area contributed by atoms with E-state index in [1.807, 2.05) is 13.8 Å². The Bertz CT molecular complexity index is 506. The Kier molecular flexibility index (Phi) is 2.44. The number of aryl methyl sites for hydroxylation is 2. The van der Waals surface area contributed by atoms with E-state index in [4.69, 9.17) is 13.8 Å². The normalized spacial score (nSPS) is 20.0. The van der Waals surface area contributed by atoms with Crippen LogP contribution in [0.1, 0.15) is 29.6 Å². The second-order valence-electron chi connectivity index (χ2n) is 4.22. The molecule has 1 unspecified atom stereocenters. The Morgan fingerprint density at radius 1 is 1.18 bits per heavy atom. The summed E-state index contributed by atoms with van der Waals surface area (Å²) in [5.74, 6) is 2.12. The van der Waals surface area contributed by atoms with Crippen molar-refractivity contribution in [1.29, 1.82) is 0 Å².